The monoisotopic (exact) mass is 338 g/mol. The Hall–Kier alpha value is -0.700. The molecule has 0 unspecified atom stereocenters. The molecule has 0 radical (unpaired) electrons. The SMILES string of the molecule is O=S(=O)(Nc1ccc(F)c(Br)c1)N1CCOCC1. The second kappa shape index (κ2) is 5.52. The van der Waals surface area contributed by atoms with Crippen molar-refractivity contribution in [2.75, 3.05) is 31.0 Å². The van der Waals surface area contributed by atoms with Crippen LogP contribution in [0.3, 0.4) is 0 Å². The lowest BCUT2D eigenvalue weighted by Gasteiger charge is -2.26. The van der Waals surface area contributed by atoms with E-state index in [4.69, 9.17) is 4.74 Å². The van der Waals surface area contributed by atoms with E-state index in [0.29, 0.717) is 32.0 Å². The van der Waals surface area contributed by atoms with E-state index in [1.165, 1.54) is 22.5 Å². The van der Waals surface area contributed by atoms with Gasteiger partial charge in [0.25, 0.3) is 0 Å². The van der Waals surface area contributed by atoms with Gasteiger partial charge in [-0.1, -0.05) is 0 Å². The van der Waals surface area contributed by atoms with Crippen LogP contribution in [0.4, 0.5) is 10.1 Å². The number of benzene rings is 1. The number of nitrogens with one attached hydrogen (secondary N) is 1. The van der Waals surface area contributed by atoms with Gasteiger partial charge in [0.2, 0.25) is 0 Å². The van der Waals surface area contributed by atoms with E-state index in [-0.39, 0.29) is 4.47 Å². The highest BCUT2D eigenvalue weighted by Crippen LogP contribution is 2.21. The highest BCUT2D eigenvalue weighted by molar-refractivity contribution is 9.10. The molecule has 1 saturated heterocycles. The van der Waals surface area contributed by atoms with Gasteiger partial charge in [0.05, 0.1) is 23.4 Å². The standard InChI is InChI=1S/C10H12BrFN2O3S/c11-9-7-8(1-2-10(9)12)13-18(15,16)14-3-5-17-6-4-14/h1-2,7,13H,3-6H2. The van der Waals surface area contributed by atoms with Crippen LogP contribution in [0.2, 0.25) is 0 Å². The third-order valence-electron chi connectivity index (χ3n) is 2.48. The van der Waals surface area contributed by atoms with Crippen molar-refractivity contribution in [3.05, 3.63) is 28.5 Å². The van der Waals surface area contributed by atoms with Crippen LogP contribution in [0, 0.1) is 5.82 Å². The van der Waals surface area contributed by atoms with Crippen LogP contribution in [0.25, 0.3) is 0 Å². The molecule has 0 atom stereocenters. The van der Waals surface area contributed by atoms with Gasteiger partial charge in [-0.3, -0.25) is 4.72 Å². The lowest BCUT2D eigenvalue weighted by atomic mass is 10.3. The van der Waals surface area contributed by atoms with Gasteiger partial charge < -0.3 is 4.74 Å². The fourth-order valence-electron chi connectivity index (χ4n) is 1.56. The van der Waals surface area contributed by atoms with Crippen LogP contribution in [-0.2, 0) is 14.9 Å². The minimum atomic E-state index is -3.61. The molecule has 18 heavy (non-hydrogen) atoms. The van der Waals surface area contributed by atoms with E-state index in [2.05, 4.69) is 20.7 Å². The van der Waals surface area contributed by atoms with Crippen molar-refractivity contribution in [3.63, 3.8) is 0 Å². The Morgan fingerprint density at radius 2 is 2.00 bits per heavy atom. The van der Waals surface area contributed by atoms with Crippen molar-refractivity contribution >= 4 is 31.8 Å². The first-order valence-electron chi connectivity index (χ1n) is 5.30. The molecule has 0 aliphatic carbocycles. The summed E-state index contributed by atoms with van der Waals surface area (Å²) in [6.45, 7) is 1.40. The third kappa shape index (κ3) is 3.19. The van der Waals surface area contributed by atoms with E-state index in [1.54, 1.807) is 0 Å². The van der Waals surface area contributed by atoms with Gasteiger partial charge in [0.1, 0.15) is 5.82 Å². The zero-order valence-electron chi connectivity index (χ0n) is 9.40. The first-order chi connectivity index (χ1) is 8.49. The average Bonchev–Trinajstić information content (AvgIpc) is 2.35. The van der Waals surface area contributed by atoms with Crippen molar-refractivity contribution in [1.29, 1.82) is 0 Å². The van der Waals surface area contributed by atoms with E-state index < -0.39 is 16.0 Å². The lowest BCUT2D eigenvalue weighted by Crippen LogP contribution is -2.43. The van der Waals surface area contributed by atoms with Crippen molar-refractivity contribution in [2.45, 2.75) is 0 Å². The molecular weight excluding hydrogens is 327 g/mol. The molecule has 2 rings (SSSR count). The number of rotatable bonds is 3. The Morgan fingerprint density at radius 3 is 2.61 bits per heavy atom. The summed E-state index contributed by atoms with van der Waals surface area (Å²) < 4.78 is 46.0. The molecule has 5 nitrogen and oxygen atoms in total. The second-order valence-electron chi connectivity index (χ2n) is 3.75. The molecule has 1 aromatic rings. The smallest absolute Gasteiger partial charge is 0.301 e. The van der Waals surface area contributed by atoms with Crippen molar-refractivity contribution in [2.24, 2.45) is 0 Å². The number of halogens is 2. The minimum absolute atomic E-state index is 0.213. The van der Waals surface area contributed by atoms with Gasteiger partial charge in [-0.15, -0.1) is 0 Å². The first-order valence-corrected chi connectivity index (χ1v) is 7.53. The summed E-state index contributed by atoms with van der Waals surface area (Å²) >= 11 is 3.01. The van der Waals surface area contributed by atoms with Crippen LogP contribution in [0.5, 0.6) is 0 Å². The van der Waals surface area contributed by atoms with Crippen molar-refractivity contribution in [1.82, 2.24) is 4.31 Å². The summed E-state index contributed by atoms with van der Waals surface area (Å²) in [7, 11) is -3.61. The molecule has 1 heterocycles. The number of morpholine rings is 1. The molecule has 0 saturated carbocycles. The fraction of sp³-hybridized carbons (Fsp3) is 0.400. The number of anilines is 1. The highest BCUT2D eigenvalue weighted by atomic mass is 79.9. The zero-order chi connectivity index (χ0) is 13.2. The number of hydrogen-bond donors (Lipinski definition) is 1. The molecule has 0 spiro atoms. The molecule has 1 aliphatic rings. The first kappa shape index (κ1) is 13.7. The maximum Gasteiger partial charge on any atom is 0.301 e. The normalized spacial score (nSPS) is 17.7. The molecular formula is C10H12BrFN2O3S. The fourth-order valence-corrected chi connectivity index (χ4v) is 3.12. The highest BCUT2D eigenvalue weighted by Gasteiger charge is 2.24. The summed E-state index contributed by atoms with van der Waals surface area (Å²) in [5, 5.41) is 0. The summed E-state index contributed by atoms with van der Waals surface area (Å²) in [4.78, 5) is 0. The van der Waals surface area contributed by atoms with Gasteiger partial charge in [-0.25, -0.2) is 4.39 Å². The Bertz CT molecular complexity index is 532. The summed E-state index contributed by atoms with van der Waals surface area (Å²) in [5.74, 6) is -0.440. The Morgan fingerprint density at radius 1 is 1.33 bits per heavy atom. The molecule has 1 N–H and O–H groups in total. The largest absolute Gasteiger partial charge is 0.379 e. The number of hydrogen-bond acceptors (Lipinski definition) is 3. The predicted octanol–water partition coefficient (Wildman–Crippen LogP) is 1.58. The van der Waals surface area contributed by atoms with Crippen LogP contribution in [-0.4, -0.2) is 39.0 Å². The van der Waals surface area contributed by atoms with Crippen molar-refractivity contribution in [3.8, 4) is 0 Å². The van der Waals surface area contributed by atoms with Crippen LogP contribution in [0.15, 0.2) is 22.7 Å². The second-order valence-corrected chi connectivity index (χ2v) is 6.27. The molecule has 100 valence electrons. The van der Waals surface area contributed by atoms with Gasteiger partial charge in [0, 0.05) is 13.1 Å². The molecule has 0 amide bonds. The minimum Gasteiger partial charge on any atom is -0.379 e. The zero-order valence-corrected chi connectivity index (χ0v) is 11.8. The van der Waals surface area contributed by atoms with Gasteiger partial charge in [-0.2, -0.15) is 12.7 Å². The average molecular weight is 339 g/mol. The van der Waals surface area contributed by atoms with E-state index in [0.717, 1.165) is 0 Å². The van der Waals surface area contributed by atoms with Crippen LogP contribution >= 0.6 is 15.9 Å². The molecule has 1 aromatic carbocycles. The lowest BCUT2D eigenvalue weighted by molar-refractivity contribution is 0.0733. The van der Waals surface area contributed by atoms with E-state index in [9.17, 15) is 12.8 Å². The Kier molecular flexibility index (Phi) is 4.21. The molecule has 1 aliphatic heterocycles. The molecule has 8 heteroatoms. The summed E-state index contributed by atoms with van der Waals surface area (Å²) in [5.41, 5.74) is 0.315. The van der Waals surface area contributed by atoms with E-state index >= 15 is 0 Å². The maximum absolute atomic E-state index is 13.0. The van der Waals surface area contributed by atoms with Gasteiger partial charge >= 0.3 is 10.2 Å². The maximum atomic E-state index is 13.0. The van der Waals surface area contributed by atoms with Crippen molar-refractivity contribution < 1.29 is 17.5 Å². The topological polar surface area (TPSA) is 58.6 Å². The predicted molar refractivity (Wildman–Crippen MR) is 69.0 cm³/mol. The third-order valence-corrected chi connectivity index (χ3v) is 4.62. The Balaban J connectivity index is 2.13. The van der Waals surface area contributed by atoms with Gasteiger partial charge in [0.15, 0.2) is 0 Å². The summed E-state index contributed by atoms with van der Waals surface area (Å²) in [6, 6.07) is 3.95. The van der Waals surface area contributed by atoms with Crippen LogP contribution in [0.1, 0.15) is 0 Å². The quantitative estimate of drug-likeness (QED) is 0.910. The number of ether oxygens (including phenoxy) is 1. The Labute approximate surface area is 113 Å². The van der Waals surface area contributed by atoms with Gasteiger partial charge in [-0.05, 0) is 34.1 Å². The van der Waals surface area contributed by atoms with E-state index in [1.807, 2.05) is 0 Å². The number of nitrogens with zero attached hydrogens (tertiary/aromatic N) is 1. The molecule has 0 bridgehead atoms. The van der Waals surface area contributed by atoms with Crippen LogP contribution < -0.4 is 4.72 Å². The molecule has 1 fully saturated rings. The summed E-state index contributed by atoms with van der Waals surface area (Å²) in [6.07, 6.45) is 0. The molecule has 0 aromatic heterocycles.